The minimum atomic E-state index is 0.0795. The number of ketones is 1. The van der Waals surface area contributed by atoms with Gasteiger partial charge in [-0.3, -0.25) is 4.79 Å². The lowest BCUT2D eigenvalue weighted by Crippen LogP contribution is -2.18. The van der Waals surface area contributed by atoms with E-state index < -0.39 is 0 Å². The molecular formula is C14H13NO2S. The molecule has 2 aromatic rings. The number of ether oxygens (including phenoxy) is 1. The maximum absolute atomic E-state index is 11.3. The van der Waals surface area contributed by atoms with Gasteiger partial charge < -0.3 is 4.74 Å². The van der Waals surface area contributed by atoms with E-state index in [4.69, 9.17) is 4.74 Å². The molecule has 3 rings (SSSR count). The predicted octanol–water partition coefficient (Wildman–Crippen LogP) is 3.06. The first-order valence-electron chi connectivity index (χ1n) is 5.91. The molecule has 0 spiro atoms. The molecule has 2 heterocycles. The average molecular weight is 259 g/mol. The first-order chi connectivity index (χ1) is 8.74. The van der Waals surface area contributed by atoms with Crippen molar-refractivity contribution in [2.24, 2.45) is 0 Å². The number of Topliss-reactive ketones (excluding diaryl/α,β-unsaturated/α-hetero) is 1. The summed E-state index contributed by atoms with van der Waals surface area (Å²) in [7, 11) is 0. The third-order valence-corrected chi connectivity index (χ3v) is 4.36. The molecule has 92 valence electrons. The highest BCUT2D eigenvalue weighted by atomic mass is 32.1. The molecule has 1 aromatic carbocycles. The lowest BCUT2D eigenvalue weighted by Gasteiger charge is -2.23. The van der Waals surface area contributed by atoms with Gasteiger partial charge in [0.25, 0.3) is 0 Å². The van der Waals surface area contributed by atoms with Gasteiger partial charge in [0.15, 0.2) is 5.78 Å². The van der Waals surface area contributed by atoms with Crippen molar-refractivity contribution in [2.45, 2.75) is 19.3 Å². The van der Waals surface area contributed by atoms with Crippen molar-refractivity contribution in [3.63, 3.8) is 0 Å². The molecule has 18 heavy (non-hydrogen) atoms. The van der Waals surface area contributed by atoms with Crippen LogP contribution in [-0.4, -0.2) is 17.4 Å². The largest absolute Gasteiger partial charge is 0.493 e. The third kappa shape index (κ3) is 2.04. The van der Waals surface area contributed by atoms with Crippen LogP contribution in [0.5, 0.6) is 5.75 Å². The van der Waals surface area contributed by atoms with Gasteiger partial charge >= 0.3 is 0 Å². The summed E-state index contributed by atoms with van der Waals surface area (Å²) in [5.74, 6) is 1.31. The van der Waals surface area contributed by atoms with E-state index in [-0.39, 0.29) is 11.7 Å². The maximum atomic E-state index is 11.3. The highest BCUT2D eigenvalue weighted by molar-refractivity contribution is 7.13. The summed E-state index contributed by atoms with van der Waals surface area (Å²) in [6, 6.07) is 8.08. The van der Waals surface area contributed by atoms with Gasteiger partial charge in [-0.15, -0.1) is 11.3 Å². The summed E-state index contributed by atoms with van der Waals surface area (Å²) in [6.45, 7) is 2.21. The van der Waals surface area contributed by atoms with Crippen molar-refractivity contribution in [2.75, 3.05) is 6.61 Å². The summed E-state index contributed by atoms with van der Waals surface area (Å²) >= 11 is 1.48. The van der Waals surface area contributed by atoms with Crippen LogP contribution in [0.25, 0.3) is 0 Å². The number of hydrogen-bond acceptors (Lipinski definition) is 4. The Kier molecular flexibility index (Phi) is 2.88. The second-order valence-electron chi connectivity index (χ2n) is 4.44. The number of rotatable bonds is 2. The molecule has 1 aliphatic heterocycles. The van der Waals surface area contributed by atoms with E-state index >= 15 is 0 Å². The third-order valence-electron chi connectivity index (χ3n) is 3.10. The molecule has 0 aliphatic carbocycles. The standard InChI is InChI=1S/C14H13NO2S/c1-9(16)13-7-15-14(18-13)11-6-10-4-2-3-5-12(10)17-8-11/h2-5,7,11H,6,8H2,1H3. The maximum Gasteiger partial charge on any atom is 0.171 e. The molecule has 1 aromatic heterocycles. The van der Waals surface area contributed by atoms with Crippen molar-refractivity contribution in [3.05, 3.63) is 45.9 Å². The summed E-state index contributed by atoms with van der Waals surface area (Å²) < 4.78 is 5.74. The highest BCUT2D eigenvalue weighted by Gasteiger charge is 2.23. The number of benzene rings is 1. The smallest absolute Gasteiger partial charge is 0.171 e. The molecule has 1 unspecified atom stereocenters. The molecule has 1 aliphatic rings. The molecule has 4 heteroatoms. The molecule has 0 saturated heterocycles. The van der Waals surface area contributed by atoms with Crippen LogP contribution in [0.4, 0.5) is 0 Å². The Morgan fingerprint density at radius 2 is 2.28 bits per heavy atom. The number of hydrogen-bond donors (Lipinski definition) is 0. The van der Waals surface area contributed by atoms with Crippen molar-refractivity contribution in [1.82, 2.24) is 4.98 Å². The van der Waals surface area contributed by atoms with Gasteiger partial charge in [0.2, 0.25) is 0 Å². The zero-order valence-electron chi connectivity index (χ0n) is 10.1. The van der Waals surface area contributed by atoms with Gasteiger partial charge in [0.1, 0.15) is 10.8 Å². The van der Waals surface area contributed by atoms with Gasteiger partial charge in [-0.05, 0) is 18.1 Å². The number of para-hydroxylation sites is 1. The van der Waals surface area contributed by atoms with Crippen molar-refractivity contribution >= 4 is 17.1 Å². The zero-order valence-corrected chi connectivity index (χ0v) is 10.9. The number of thiazole rings is 1. The summed E-state index contributed by atoms with van der Waals surface area (Å²) in [4.78, 5) is 16.4. The van der Waals surface area contributed by atoms with E-state index in [1.54, 1.807) is 13.1 Å². The molecule has 0 bridgehead atoms. The molecule has 1 atom stereocenters. The predicted molar refractivity (Wildman–Crippen MR) is 70.5 cm³/mol. The van der Waals surface area contributed by atoms with Crippen LogP contribution in [0.3, 0.4) is 0 Å². The van der Waals surface area contributed by atoms with E-state index in [0.717, 1.165) is 22.1 Å². The quantitative estimate of drug-likeness (QED) is 0.778. The Hall–Kier alpha value is -1.68. The fourth-order valence-electron chi connectivity index (χ4n) is 2.13. The minimum Gasteiger partial charge on any atom is -0.493 e. The van der Waals surface area contributed by atoms with Crippen LogP contribution < -0.4 is 4.74 Å². The normalized spacial score (nSPS) is 17.9. The monoisotopic (exact) mass is 259 g/mol. The van der Waals surface area contributed by atoms with Crippen LogP contribution in [0, 0.1) is 0 Å². The van der Waals surface area contributed by atoms with Crippen LogP contribution >= 0.6 is 11.3 Å². The van der Waals surface area contributed by atoms with E-state index in [9.17, 15) is 4.79 Å². The Bertz CT molecular complexity index is 591. The Morgan fingerprint density at radius 1 is 1.44 bits per heavy atom. The zero-order chi connectivity index (χ0) is 12.5. The second-order valence-corrected chi connectivity index (χ2v) is 5.50. The number of aromatic nitrogens is 1. The van der Waals surface area contributed by atoms with Crippen molar-refractivity contribution in [3.8, 4) is 5.75 Å². The first-order valence-corrected chi connectivity index (χ1v) is 6.73. The minimum absolute atomic E-state index is 0.0795. The van der Waals surface area contributed by atoms with E-state index in [0.29, 0.717) is 6.61 Å². The van der Waals surface area contributed by atoms with Crippen molar-refractivity contribution < 1.29 is 9.53 Å². The van der Waals surface area contributed by atoms with Crippen molar-refractivity contribution in [1.29, 1.82) is 0 Å². The van der Waals surface area contributed by atoms with E-state index in [2.05, 4.69) is 11.1 Å². The van der Waals surface area contributed by atoms with Gasteiger partial charge in [-0.25, -0.2) is 4.98 Å². The number of carbonyl (C=O) groups excluding carboxylic acids is 1. The Balaban J connectivity index is 1.85. The number of fused-ring (bicyclic) bond motifs is 1. The lowest BCUT2D eigenvalue weighted by atomic mass is 9.97. The molecular weight excluding hydrogens is 246 g/mol. The van der Waals surface area contributed by atoms with Crippen LogP contribution in [0.2, 0.25) is 0 Å². The summed E-state index contributed by atoms with van der Waals surface area (Å²) in [6.07, 6.45) is 2.60. The SMILES string of the molecule is CC(=O)c1cnc(C2COc3ccccc3C2)s1. The van der Waals surface area contributed by atoms with Gasteiger partial charge in [0.05, 0.1) is 11.5 Å². The summed E-state index contributed by atoms with van der Waals surface area (Å²) in [5.41, 5.74) is 1.22. The summed E-state index contributed by atoms with van der Waals surface area (Å²) in [5, 5.41) is 0.995. The number of nitrogens with zero attached hydrogens (tertiary/aromatic N) is 1. The van der Waals surface area contributed by atoms with Crippen LogP contribution in [-0.2, 0) is 6.42 Å². The van der Waals surface area contributed by atoms with Gasteiger partial charge in [-0.2, -0.15) is 0 Å². The topological polar surface area (TPSA) is 39.2 Å². The fraction of sp³-hybridized carbons (Fsp3) is 0.286. The second kappa shape index (κ2) is 4.53. The first kappa shape index (κ1) is 11.4. The Morgan fingerprint density at radius 3 is 3.06 bits per heavy atom. The molecule has 0 fully saturated rings. The molecule has 0 saturated carbocycles. The Labute approximate surface area is 109 Å². The average Bonchev–Trinajstić information content (AvgIpc) is 2.88. The highest BCUT2D eigenvalue weighted by Crippen LogP contribution is 2.33. The lowest BCUT2D eigenvalue weighted by molar-refractivity contribution is 0.102. The molecule has 3 nitrogen and oxygen atoms in total. The number of carbonyl (C=O) groups is 1. The van der Waals surface area contributed by atoms with Gasteiger partial charge in [-0.1, -0.05) is 18.2 Å². The van der Waals surface area contributed by atoms with E-state index in [1.165, 1.54) is 16.9 Å². The fourth-order valence-corrected chi connectivity index (χ4v) is 3.02. The van der Waals surface area contributed by atoms with E-state index in [1.807, 2.05) is 18.2 Å². The molecule has 0 N–H and O–H groups in total. The van der Waals surface area contributed by atoms with Crippen LogP contribution in [0.15, 0.2) is 30.5 Å². The van der Waals surface area contributed by atoms with Gasteiger partial charge in [0, 0.05) is 19.0 Å². The molecule has 0 radical (unpaired) electrons. The molecule has 0 amide bonds. The van der Waals surface area contributed by atoms with Crippen LogP contribution in [0.1, 0.15) is 33.1 Å².